The Bertz CT molecular complexity index is 575. The van der Waals surface area contributed by atoms with Crippen molar-refractivity contribution in [2.75, 3.05) is 17.0 Å². The number of nitrogens with zero attached hydrogens (tertiary/aromatic N) is 1. The van der Waals surface area contributed by atoms with Crippen molar-refractivity contribution in [3.63, 3.8) is 0 Å². The summed E-state index contributed by atoms with van der Waals surface area (Å²) < 4.78 is 37.7. The molecule has 1 atom stereocenters. The van der Waals surface area contributed by atoms with Gasteiger partial charge in [-0.2, -0.15) is 24.9 Å². The lowest BCUT2D eigenvalue weighted by Gasteiger charge is -2.18. The van der Waals surface area contributed by atoms with Crippen molar-refractivity contribution in [2.45, 2.75) is 12.2 Å². The summed E-state index contributed by atoms with van der Waals surface area (Å²) in [6, 6.07) is 3.93. The molecule has 0 aliphatic carbocycles. The summed E-state index contributed by atoms with van der Waals surface area (Å²) in [7, 11) is 0. The summed E-state index contributed by atoms with van der Waals surface area (Å²) >= 11 is 1.49. The highest BCUT2D eigenvalue weighted by Crippen LogP contribution is 2.31. The Balaban J connectivity index is 2.26. The van der Waals surface area contributed by atoms with Crippen LogP contribution in [0.1, 0.15) is 5.56 Å². The van der Waals surface area contributed by atoms with Gasteiger partial charge in [-0.3, -0.25) is 15.5 Å². The molecule has 9 heteroatoms. The Kier molecular flexibility index (Phi) is 4.99. The van der Waals surface area contributed by atoms with Gasteiger partial charge in [0.05, 0.1) is 22.9 Å². The smallest absolute Gasteiger partial charge is 0.292 e. The molecule has 1 aromatic rings. The summed E-state index contributed by atoms with van der Waals surface area (Å²) in [6.07, 6.45) is -1.40. The molecule has 120 valence electrons. The largest absolute Gasteiger partial charge is 0.416 e. The fourth-order valence-electron chi connectivity index (χ4n) is 2.08. The van der Waals surface area contributed by atoms with Crippen LogP contribution in [0, 0.1) is 0 Å². The Morgan fingerprint density at radius 1 is 1.41 bits per heavy atom. The molecule has 1 aromatic carbocycles. The van der Waals surface area contributed by atoms with Crippen molar-refractivity contribution < 1.29 is 23.2 Å². The topological polar surface area (TPSA) is 64.6 Å². The minimum Gasteiger partial charge on any atom is -0.292 e. The van der Waals surface area contributed by atoms with E-state index >= 15 is 0 Å². The summed E-state index contributed by atoms with van der Waals surface area (Å²) in [5.41, 5.74) is 4.55. The van der Waals surface area contributed by atoms with Gasteiger partial charge in [0.1, 0.15) is 0 Å². The second kappa shape index (κ2) is 6.59. The minimum absolute atomic E-state index is 0.297. The first-order valence-corrected chi connectivity index (χ1v) is 7.64. The van der Waals surface area contributed by atoms with Crippen LogP contribution in [0.3, 0.4) is 0 Å². The molecule has 1 saturated heterocycles. The maximum Gasteiger partial charge on any atom is 0.416 e. The number of anilines is 1. The maximum absolute atomic E-state index is 12.6. The molecule has 0 bridgehead atoms. The average molecular weight is 333 g/mol. The fraction of sp³-hybridized carbons (Fsp3) is 0.308. The maximum atomic E-state index is 12.6. The number of carbonyl (C=O) groups excluding carboxylic acids is 1. The number of hydrogen-bond acceptors (Lipinski definition) is 5. The van der Waals surface area contributed by atoms with Gasteiger partial charge in [0.2, 0.25) is 0 Å². The van der Waals surface area contributed by atoms with Crippen molar-refractivity contribution in [1.29, 1.82) is 0 Å². The highest BCUT2D eigenvalue weighted by atomic mass is 32.2. The quantitative estimate of drug-likeness (QED) is 0.582. The summed E-state index contributed by atoms with van der Waals surface area (Å²) in [5, 5.41) is 9.93. The predicted octanol–water partition coefficient (Wildman–Crippen LogP) is 2.15. The molecule has 1 aliphatic rings. The Morgan fingerprint density at radius 2 is 2.05 bits per heavy atom. The molecule has 5 nitrogen and oxygen atoms in total. The normalized spacial score (nSPS) is 20.8. The lowest BCUT2D eigenvalue weighted by atomic mass is 10.1. The van der Waals surface area contributed by atoms with E-state index in [1.165, 1.54) is 35.1 Å². The number of rotatable bonds is 4. The first-order valence-electron chi connectivity index (χ1n) is 6.25. The number of thioether (sulfide) groups is 1. The molecule has 22 heavy (non-hydrogen) atoms. The fourth-order valence-corrected chi connectivity index (χ4v) is 2.67. The van der Waals surface area contributed by atoms with E-state index in [-0.39, 0.29) is 6.04 Å². The number of hydrazine groups is 1. The molecule has 0 saturated carbocycles. The van der Waals surface area contributed by atoms with Gasteiger partial charge in [-0.1, -0.05) is 0 Å². The zero-order chi connectivity index (χ0) is 16.3. The molecule has 1 amide bonds. The Labute approximate surface area is 129 Å². The second-order valence-electron chi connectivity index (χ2n) is 4.55. The number of benzene rings is 1. The molecule has 1 aliphatic heterocycles. The van der Waals surface area contributed by atoms with E-state index in [9.17, 15) is 18.0 Å². The van der Waals surface area contributed by atoms with Crippen molar-refractivity contribution >= 4 is 23.4 Å². The molecule has 1 unspecified atom stereocenters. The van der Waals surface area contributed by atoms with Gasteiger partial charge in [-0.25, -0.2) is 10.4 Å². The number of nitrogens with one attached hydrogen (secondary N) is 2. The lowest BCUT2D eigenvalue weighted by Crippen LogP contribution is -2.38. The Morgan fingerprint density at radius 3 is 2.55 bits per heavy atom. The monoisotopic (exact) mass is 333 g/mol. The van der Waals surface area contributed by atoms with Crippen LogP contribution in [0.5, 0.6) is 0 Å². The number of alkyl halides is 3. The highest BCUT2D eigenvalue weighted by molar-refractivity contribution is 7.98. The zero-order valence-electron chi connectivity index (χ0n) is 11.5. The van der Waals surface area contributed by atoms with Crippen LogP contribution >= 0.6 is 11.8 Å². The van der Waals surface area contributed by atoms with Crippen LogP contribution in [-0.2, 0) is 11.0 Å². The molecule has 0 spiro atoms. The summed E-state index contributed by atoms with van der Waals surface area (Å²) in [5.74, 6) is 0.136. The standard InChI is InChI=1S/C13H14F3N3O2S/c1-22-7-11-10(6-17-21)12(20)19(18-11)9-4-2-8(3-5-9)13(14,15)16/h2-6,11,17-18,21H,7H2,1H3. The predicted molar refractivity (Wildman–Crippen MR) is 77.2 cm³/mol. The van der Waals surface area contributed by atoms with Crippen molar-refractivity contribution in [3.05, 3.63) is 41.6 Å². The van der Waals surface area contributed by atoms with Crippen molar-refractivity contribution in [2.24, 2.45) is 0 Å². The van der Waals surface area contributed by atoms with Crippen molar-refractivity contribution in [3.8, 4) is 0 Å². The van der Waals surface area contributed by atoms with Crippen LogP contribution in [-0.4, -0.2) is 29.2 Å². The van der Waals surface area contributed by atoms with Gasteiger partial charge in [0.25, 0.3) is 5.91 Å². The number of halogens is 3. The molecule has 3 N–H and O–H groups in total. The third kappa shape index (κ3) is 3.37. The van der Waals surface area contributed by atoms with E-state index in [1.807, 2.05) is 11.7 Å². The highest BCUT2D eigenvalue weighted by Gasteiger charge is 2.36. The molecular formula is C13H14F3N3O2S. The van der Waals surface area contributed by atoms with Gasteiger partial charge in [-0.15, -0.1) is 0 Å². The van der Waals surface area contributed by atoms with E-state index in [1.54, 1.807) is 0 Å². The van der Waals surface area contributed by atoms with E-state index in [0.29, 0.717) is 17.0 Å². The van der Waals surface area contributed by atoms with Gasteiger partial charge < -0.3 is 0 Å². The molecule has 1 fully saturated rings. The van der Waals surface area contributed by atoms with Gasteiger partial charge in [-0.05, 0) is 30.5 Å². The van der Waals surface area contributed by atoms with Crippen LogP contribution in [0.4, 0.5) is 18.9 Å². The first-order chi connectivity index (χ1) is 10.4. The number of hydroxylamine groups is 1. The molecule has 0 aromatic heterocycles. The van der Waals surface area contributed by atoms with E-state index < -0.39 is 17.6 Å². The van der Waals surface area contributed by atoms with Crippen LogP contribution in [0.2, 0.25) is 0 Å². The molecular weight excluding hydrogens is 319 g/mol. The summed E-state index contributed by atoms with van der Waals surface area (Å²) in [4.78, 5) is 12.3. The van der Waals surface area contributed by atoms with Gasteiger partial charge >= 0.3 is 6.18 Å². The van der Waals surface area contributed by atoms with Crippen LogP contribution < -0.4 is 15.9 Å². The second-order valence-corrected chi connectivity index (χ2v) is 5.46. The number of hydrogen-bond donors (Lipinski definition) is 3. The van der Waals surface area contributed by atoms with Crippen molar-refractivity contribution in [1.82, 2.24) is 10.9 Å². The van der Waals surface area contributed by atoms with Gasteiger partial charge in [0.15, 0.2) is 0 Å². The first kappa shape index (κ1) is 16.7. The van der Waals surface area contributed by atoms with E-state index in [2.05, 4.69) is 5.43 Å². The number of amides is 1. The van der Waals surface area contributed by atoms with Gasteiger partial charge in [0, 0.05) is 12.0 Å². The van der Waals surface area contributed by atoms with E-state index in [4.69, 9.17) is 5.21 Å². The third-order valence-electron chi connectivity index (χ3n) is 3.12. The number of carbonyl (C=O) groups is 1. The molecule has 2 rings (SSSR count). The minimum atomic E-state index is -4.42. The third-order valence-corrected chi connectivity index (χ3v) is 3.78. The average Bonchev–Trinajstić information content (AvgIpc) is 2.77. The Hall–Kier alpha value is -1.71. The van der Waals surface area contributed by atoms with Crippen LogP contribution in [0.25, 0.3) is 0 Å². The van der Waals surface area contributed by atoms with E-state index in [0.717, 1.165) is 12.1 Å². The zero-order valence-corrected chi connectivity index (χ0v) is 12.3. The SMILES string of the molecule is CSCC1NN(c2ccc(C(F)(F)F)cc2)C(=O)C1=CNO. The molecule has 1 heterocycles. The molecule has 0 radical (unpaired) electrons. The summed E-state index contributed by atoms with van der Waals surface area (Å²) in [6.45, 7) is 0. The van der Waals surface area contributed by atoms with Crippen LogP contribution in [0.15, 0.2) is 36.0 Å². The lowest BCUT2D eigenvalue weighted by molar-refractivity contribution is -0.137.